The number of halogens is 1. The fraction of sp³-hybridized carbons (Fsp3) is 0.182. The molecule has 0 amide bonds. The van der Waals surface area contributed by atoms with Crippen LogP contribution >= 0.6 is 22.9 Å². The lowest BCUT2D eigenvalue weighted by atomic mass is 10.4. The van der Waals surface area contributed by atoms with Crippen LogP contribution < -0.4 is 4.90 Å². The van der Waals surface area contributed by atoms with Crippen LogP contribution in [-0.2, 0) is 6.54 Å². The Morgan fingerprint density at radius 3 is 2.95 bits per heavy atom. The van der Waals surface area contributed by atoms with E-state index in [1.165, 1.54) is 22.2 Å². The third kappa shape index (κ3) is 2.75. The van der Waals surface area contributed by atoms with Crippen molar-refractivity contribution < 1.29 is 0 Å². The molecule has 20 heavy (non-hydrogen) atoms. The van der Waals surface area contributed by atoms with E-state index in [2.05, 4.69) is 31.1 Å². The van der Waals surface area contributed by atoms with E-state index in [1.54, 1.807) is 11.3 Å². The summed E-state index contributed by atoms with van der Waals surface area (Å²) in [6, 6.07) is 4.07. The van der Waals surface area contributed by atoms with Crippen molar-refractivity contribution in [2.75, 3.05) is 11.9 Å². The van der Waals surface area contributed by atoms with Gasteiger partial charge in [0.1, 0.15) is 12.7 Å². The summed E-state index contributed by atoms with van der Waals surface area (Å²) in [6.07, 6.45) is 2.92. The fourth-order valence-corrected chi connectivity index (χ4v) is 2.53. The van der Waals surface area contributed by atoms with Crippen LogP contribution in [0.1, 0.15) is 4.88 Å². The number of hydrogen-bond acceptors (Lipinski definition) is 7. The summed E-state index contributed by atoms with van der Waals surface area (Å²) in [5.41, 5.74) is 0. The Bertz CT molecular complexity index is 683. The predicted octanol–water partition coefficient (Wildman–Crippen LogP) is 1.80. The molecule has 3 aromatic rings. The summed E-state index contributed by atoms with van der Waals surface area (Å²) in [6.45, 7) is 0.703. The summed E-state index contributed by atoms with van der Waals surface area (Å²) < 4.78 is 1.44. The van der Waals surface area contributed by atoms with Gasteiger partial charge in [-0.15, -0.1) is 11.3 Å². The first kappa shape index (κ1) is 12.9. The lowest BCUT2D eigenvalue weighted by molar-refractivity contribution is 0.774. The molecule has 0 aliphatic carbocycles. The Morgan fingerprint density at radius 2 is 2.25 bits per heavy atom. The van der Waals surface area contributed by atoms with Gasteiger partial charge in [-0.25, -0.2) is 4.98 Å². The smallest absolute Gasteiger partial charge is 0.258 e. The molecular formula is C11H10ClN7S. The first-order valence-corrected chi connectivity index (χ1v) is 6.98. The van der Waals surface area contributed by atoms with Gasteiger partial charge < -0.3 is 4.90 Å². The Hall–Kier alpha value is -2.06. The second kappa shape index (κ2) is 5.51. The van der Waals surface area contributed by atoms with Gasteiger partial charge in [0.05, 0.1) is 6.54 Å². The average Bonchev–Trinajstić information content (AvgIpc) is 3.11. The summed E-state index contributed by atoms with van der Waals surface area (Å²) in [7, 11) is 1.90. The molecule has 0 saturated carbocycles. The summed E-state index contributed by atoms with van der Waals surface area (Å²) >= 11 is 7.62. The minimum atomic E-state index is 0.124. The zero-order valence-corrected chi connectivity index (χ0v) is 12.1. The summed E-state index contributed by atoms with van der Waals surface area (Å²) in [4.78, 5) is 19.5. The van der Waals surface area contributed by atoms with Gasteiger partial charge >= 0.3 is 0 Å². The van der Waals surface area contributed by atoms with E-state index < -0.39 is 0 Å². The second-order valence-corrected chi connectivity index (χ2v) is 5.35. The van der Waals surface area contributed by atoms with Crippen LogP contribution in [0.15, 0.2) is 30.2 Å². The standard InChI is InChI=1S/C11H10ClN7S/c1-18(5-8-3-2-4-20-8)10-15-9(12)16-11(17-10)19-7-13-6-14-19/h2-4,6-7H,5H2,1H3. The lowest BCUT2D eigenvalue weighted by Crippen LogP contribution is -2.20. The minimum absolute atomic E-state index is 0.124. The molecule has 3 heterocycles. The Balaban J connectivity index is 1.89. The first-order chi connectivity index (χ1) is 9.72. The van der Waals surface area contributed by atoms with Crippen LogP contribution in [0, 0.1) is 0 Å². The zero-order valence-electron chi connectivity index (χ0n) is 10.5. The van der Waals surface area contributed by atoms with E-state index in [4.69, 9.17) is 11.6 Å². The molecule has 0 radical (unpaired) electrons. The highest BCUT2D eigenvalue weighted by molar-refractivity contribution is 7.09. The molecule has 102 valence electrons. The first-order valence-electron chi connectivity index (χ1n) is 5.72. The molecule has 0 aromatic carbocycles. The molecule has 0 aliphatic rings. The quantitative estimate of drug-likeness (QED) is 0.732. The lowest BCUT2D eigenvalue weighted by Gasteiger charge is -2.16. The number of hydrogen-bond donors (Lipinski definition) is 0. The van der Waals surface area contributed by atoms with Gasteiger partial charge in [-0.1, -0.05) is 6.07 Å². The van der Waals surface area contributed by atoms with Crippen molar-refractivity contribution in [2.45, 2.75) is 6.54 Å². The fourth-order valence-electron chi connectivity index (χ4n) is 1.62. The van der Waals surface area contributed by atoms with E-state index in [0.29, 0.717) is 18.4 Å². The van der Waals surface area contributed by atoms with Gasteiger partial charge in [0.15, 0.2) is 0 Å². The summed E-state index contributed by atoms with van der Waals surface area (Å²) in [5.74, 6) is 0.833. The van der Waals surface area contributed by atoms with Crippen molar-refractivity contribution in [1.82, 2.24) is 29.7 Å². The van der Waals surface area contributed by atoms with E-state index >= 15 is 0 Å². The van der Waals surface area contributed by atoms with Crippen LogP contribution in [0.3, 0.4) is 0 Å². The van der Waals surface area contributed by atoms with Gasteiger partial charge in [-0.05, 0) is 23.0 Å². The van der Waals surface area contributed by atoms with Crippen molar-refractivity contribution >= 4 is 28.9 Å². The highest BCUT2D eigenvalue weighted by atomic mass is 35.5. The Kier molecular flexibility index (Phi) is 3.57. The van der Waals surface area contributed by atoms with Gasteiger partial charge in [0.2, 0.25) is 11.2 Å². The maximum Gasteiger partial charge on any atom is 0.258 e. The summed E-state index contributed by atoms with van der Waals surface area (Å²) in [5, 5.41) is 6.14. The monoisotopic (exact) mass is 307 g/mol. The van der Waals surface area contributed by atoms with Gasteiger partial charge in [0.25, 0.3) is 5.95 Å². The van der Waals surface area contributed by atoms with Gasteiger partial charge in [-0.2, -0.15) is 24.7 Å². The molecule has 0 atom stereocenters. The zero-order chi connectivity index (χ0) is 13.9. The molecule has 0 bridgehead atoms. The number of anilines is 1. The van der Waals surface area contributed by atoms with Crippen molar-refractivity contribution in [3.05, 3.63) is 40.3 Å². The Morgan fingerprint density at radius 1 is 1.35 bits per heavy atom. The Labute approximate surface area is 123 Å². The SMILES string of the molecule is CN(Cc1cccs1)c1nc(Cl)nc(-n2cncn2)n1. The molecule has 3 aromatic heterocycles. The molecule has 0 fully saturated rings. The van der Waals surface area contributed by atoms with E-state index in [9.17, 15) is 0 Å². The highest BCUT2D eigenvalue weighted by Gasteiger charge is 2.11. The molecule has 0 unspecified atom stereocenters. The molecule has 3 rings (SSSR count). The second-order valence-electron chi connectivity index (χ2n) is 3.98. The molecule has 0 aliphatic heterocycles. The van der Waals surface area contributed by atoms with Crippen LogP contribution in [-0.4, -0.2) is 36.8 Å². The maximum absolute atomic E-state index is 5.95. The van der Waals surface area contributed by atoms with Crippen molar-refractivity contribution in [3.8, 4) is 5.95 Å². The van der Waals surface area contributed by atoms with E-state index in [0.717, 1.165) is 0 Å². The van der Waals surface area contributed by atoms with Gasteiger partial charge in [-0.3, -0.25) is 0 Å². The highest BCUT2D eigenvalue weighted by Crippen LogP contribution is 2.16. The third-order valence-corrected chi connectivity index (χ3v) is 3.55. The molecule has 0 spiro atoms. The average molecular weight is 308 g/mol. The minimum Gasteiger partial charge on any atom is -0.339 e. The van der Waals surface area contributed by atoms with E-state index in [-0.39, 0.29) is 5.28 Å². The normalized spacial score (nSPS) is 10.7. The molecular weight excluding hydrogens is 298 g/mol. The van der Waals surface area contributed by atoms with Crippen LogP contribution in [0.4, 0.5) is 5.95 Å². The van der Waals surface area contributed by atoms with Gasteiger partial charge in [0, 0.05) is 11.9 Å². The molecule has 7 nitrogen and oxygen atoms in total. The third-order valence-electron chi connectivity index (χ3n) is 2.52. The van der Waals surface area contributed by atoms with Crippen molar-refractivity contribution in [2.24, 2.45) is 0 Å². The number of nitrogens with zero attached hydrogens (tertiary/aromatic N) is 7. The molecule has 0 N–H and O–H groups in total. The number of aromatic nitrogens is 6. The van der Waals surface area contributed by atoms with Crippen molar-refractivity contribution in [3.63, 3.8) is 0 Å². The molecule has 9 heteroatoms. The number of rotatable bonds is 4. The molecule has 0 saturated heterocycles. The topological polar surface area (TPSA) is 72.6 Å². The van der Waals surface area contributed by atoms with Crippen LogP contribution in [0.5, 0.6) is 0 Å². The van der Waals surface area contributed by atoms with E-state index in [1.807, 2.05) is 23.4 Å². The van der Waals surface area contributed by atoms with Crippen LogP contribution in [0.25, 0.3) is 5.95 Å². The predicted molar refractivity (Wildman–Crippen MR) is 76.2 cm³/mol. The maximum atomic E-state index is 5.95. The van der Waals surface area contributed by atoms with Crippen molar-refractivity contribution in [1.29, 1.82) is 0 Å². The number of thiophene rings is 1. The van der Waals surface area contributed by atoms with Crippen LogP contribution in [0.2, 0.25) is 5.28 Å². The largest absolute Gasteiger partial charge is 0.339 e.